The van der Waals surface area contributed by atoms with Crippen molar-refractivity contribution in [2.24, 2.45) is 0 Å². The number of rotatable bonds is 5. The van der Waals surface area contributed by atoms with Gasteiger partial charge in [0, 0.05) is 11.6 Å². The van der Waals surface area contributed by atoms with Gasteiger partial charge in [-0.25, -0.2) is 17.9 Å². The molecule has 8 nitrogen and oxygen atoms in total. The van der Waals surface area contributed by atoms with Crippen LogP contribution in [0.4, 0.5) is 0 Å². The van der Waals surface area contributed by atoms with Crippen LogP contribution in [-0.4, -0.2) is 40.8 Å². The molecule has 0 aromatic carbocycles. The first-order valence-corrected chi connectivity index (χ1v) is 10.6. The minimum Gasteiger partial charge on any atom is -0.457 e. The summed E-state index contributed by atoms with van der Waals surface area (Å²) in [6.45, 7) is 5.34. The molecule has 1 fully saturated rings. The molecular formula is C17H20ClN3O5S. The Morgan fingerprint density at radius 2 is 2.11 bits per heavy atom. The molecule has 0 aliphatic carbocycles. The lowest BCUT2D eigenvalue weighted by atomic mass is 10.2. The van der Waals surface area contributed by atoms with Crippen molar-refractivity contribution in [1.29, 1.82) is 0 Å². The first-order chi connectivity index (χ1) is 12.7. The Balaban J connectivity index is 1.69. The van der Waals surface area contributed by atoms with Crippen molar-refractivity contribution in [3.63, 3.8) is 0 Å². The zero-order valence-corrected chi connectivity index (χ0v) is 16.8. The molecule has 10 heteroatoms. The molecule has 146 valence electrons. The summed E-state index contributed by atoms with van der Waals surface area (Å²) in [4.78, 5) is 12.0. The summed E-state index contributed by atoms with van der Waals surface area (Å²) in [5.74, 6) is 0.223. The SMILES string of the molecule is Cc1nn(C2CCS(=O)(=O)C2)c(Cl)c1/C=C/C(=O)OCc1c(C)noc1C. The number of carbonyl (C=O) groups excluding carboxylic acids is 1. The zero-order valence-electron chi connectivity index (χ0n) is 15.2. The number of halogens is 1. The molecular weight excluding hydrogens is 394 g/mol. The van der Waals surface area contributed by atoms with Gasteiger partial charge >= 0.3 is 5.97 Å². The van der Waals surface area contributed by atoms with Gasteiger partial charge in [0.1, 0.15) is 17.5 Å². The molecule has 0 bridgehead atoms. The number of sulfone groups is 1. The molecule has 1 aliphatic heterocycles. The first-order valence-electron chi connectivity index (χ1n) is 8.39. The van der Waals surface area contributed by atoms with E-state index in [4.69, 9.17) is 20.9 Å². The molecule has 1 unspecified atom stereocenters. The lowest BCUT2D eigenvalue weighted by Gasteiger charge is -2.09. The van der Waals surface area contributed by atoms with Gasteiger partial charge < -0.3 is 9.26 Å². The van der Waals surface area contributed by atoms with Crippen LogP contribution in [0.1, 0.15) is 40.7 Å². The van der Waals surface area contributed by atoms with E-state index in [1.165, 1.54) is 16.8 Å². The molecule has 3 heterocycles. The number of hydrogen-bond acceptors (Lipinski definition) is 7. The fourth-order valence-electron chi connectivity index (χ4n) is 2.98. The van der Waals surface area contributed by atoms with Crippen LogP contribution >= 0.6 is 11.6 Å². The molecule has 0 saturated carbocycles. The van der Waals surface area contributed by atoms with Crippen LogP contribution in [0.15, 0.2) is 10.6 Å². The molecule has 0 amide bonds. The fraction of sp³-hybridized carbons (Fsp3) is 0.471. The van der Waals surface area contributed by atoms with E-state index in [-0.39, 0.29) is 24.2 Å². The molecule has 0 radical (unpaired) electrons. The Hall–Kier alpha value is -2.13. The number of nitrogens with zero attached hydrogens (tertiary/aromatic N) is 3. The monoisotopic (exact) mass is 413 g/mol. The second kappa shape index (κ2) is 7.47. The summed E-state index contributed by atoms with van der Waals surface area (Å²) in [7, 11) is -3.05. The third-order valence-electron chi connectivity index (χ3n) is 4.55. The Morgan fingerprint density at radius 1 is 1.37 bits per heavy atom. The van der Waals surface area contributed by atoms with Gasteiger partial charge in [-0.05, 0) is 33.3 Å². The predicted molar refractivity (Wildman–Crippen MR) is 99.1 cm³/mol. The topological polar surface area (TPSA) is 104 Å². The van der Waals surface area contributed by atoms with Crippen LogP contribution in [-0.2, 0) is 26.0 Å². The van der Waals surface area contributed by atoms with Gasteiger partial charge in [0.15, 0.2) is 9.84 Å². The number of ether oxygens (including phenoxy) is 1. The largest absolute Gasteiger partial charge is 0.457 e. The van der Waals surface area contributed by atoms with Crippen LogP contribution < -0.4 is 0 Å². The quantitative estimate of drug-likeness (QED) is 0.547. The van der Waals surface area contributed by atoms with Gasteiger partial charge in [-0.2, -0.15) is 5.10 Å². The highest BCUT2D eigenvalue weighted by atomic mass is 35.5. The molecule has 1 atom stereocenters. The van der Waals surface area contributed by atoms with E-state index in [1.807, 2.05) is 0 Å². The van der Waals surface area contributed by atoms with Crippen molar-refractivity contribution in [2.45, 2.75) is 39.8 Å². The number of carbonyl (C=O) groups is 1. The molecule has 2 aromatic heterocycles. The maximum atomic E-state index is 12.0. The van der Waals surface area contributed by atoms with E-state index < -0.39 is 15.8 Å². The Morgan fingerprint density at radius 3 is 2.70 bits per heavy atom. The highest BCUT2D eigenvalue weighted by Gasteiger charge is 2.31. The van der Waals surface area contributed by atoms with Gasteiger partial charge in [-0.15, -0.1) is 0 Å². The maximum Gasteiger partial charge on any atom is 0.331 e. The van der Waals surface area contributed by atoms with Crippen molar-refractivity contribution >= 4 is 33.5 Å². The third-order valence-corrected chi connectivity index (χ3v) is 6.68. The van der Waals surface area contributed by atoms with E-state index in [0.717, 1.165) is 5.56 Å². The summed E-state index contributed by atoms with van der Waals surface area (Å²) in [5, 5.41) is 8.46. The average Bonchev–Trinajstić information content (AvgIpc) is 3.21. The van der Waals surface area contributed by atoms with Crippen molar-refractivity contribution in [3.8, 4) is 0 Å². The minimum atomic E-state index is -3.05. The van der Waals surface area contributed by atoms with E-state index >= 15 is 0 Å². The Labute approximate surface area is 162 Å². The number of hydrogen-bond donors (Lipinski definition) is 0. The van der Waals surface area contributed by atoms with E-state index in [9.17, 15) is 13.2 Å². The maximum absolute atomic E-state index is 12.0. The standard InChI is InChI=1S/C17H20ClN3O5S/c1-10-14(17(18)21(19-10)13-6-7-27(23,24)9-13)4-5-16(22)25-8-15-11(2)20-26-12(15)3/h4-5,13H,6-9H2,1-3H3/b5-4+. The lowest BCUT2D eigenvalue weighted by Crippen LogP contribution is -2.12. The molecule has 27 heavy (non-hydrogen) atoms. The van der Waals surface area contributed by atoms with E-state index in [2.05, 4.69) is 10.3 Å². The van der Waals surface area contributed by atoms with E-state index in [1.54, 1.807) is 20.8 Å². The zero-order chi connectivity index (χ0) is 19.8. The normalized spacial score (nSPS) is 19.0. The summed E-state index contributed by atoms with van der Waals surface area (Å²) in [5.41, 5.74) is 2.59. The van der Waals surface area contributed by atoms with Crippen LogP contribution in [0.2, 0.25) is 5.15 Å². The molecule has 2 aromatic rings. The highest BCUT2D eigenvalue weighted by Crippen LogP contribution is 2.30. The minimum absolute atomic E-state index is 0.0243. The predicted octanol–water partition coefficient (Wildman–Crippen LogP) is 2.57. The van der Waals surface area contributed by atoms with Crippen molar-refractivity contribution in [3.05, 3.63) is 39.5 Å². The van der Waals surface area contributed by atoms with Gasteiger partial charge in [-0.1, -0.05) is 16.8 Å². The first kappa shape index (κ1) is 19.6. The smallest absolute Gasteiger partial charge is 0.331 e. The fourth-order valence-corrected chi connectivity index (χ4v) is 5.05. The van der Waals surface area contributed by atoms with Gasteiger partial charge in [0.25, 0.3) is 0 Å². The highest BCUT2D eigenvalue weighted by molar-refractivity contribution is 7.91. The number of aromatic nitrogens is 3. The molecule has 0 N–H and O–H groups in total. The average molecular weight is 414 g/mol. The van der Waals surface area contributed by atoms with Crippen molar-refractivity contribution < 1.29 is 22.5 Å². The van der Waals surface area contributed by atoms with Crippen LogP contribution in [0.25, 0.3) is 6.08 Å². The molecule has 1 aliphatic rings. The Kier molecular flexibility index (Phi) is 5.43. The summed E-state index contributed by atoms with van der Waals surface area (Å²) in [6, 6.07) is -0.283. The second-order valence-electron chi connectivity index (χ2n) is 6.54. The lowest BCUT2D eigenvalue weighted by molar-refractivity contribution is -0.138. The number of aryl methyl sites for hydroxylation is 3. The number of esters is 1. The molecule has 0 spiro atoms. The van der Waals surface area contributed by atoms with Crippen LogP contribution in [0, 0.1) is 20.8 Å². The van der Waals surface area contributed by atoms with Crippen LogP contribution in [0.5, 0.6) is 0 Å². The summed E-state index contributed by atoms with van der Waals surface area (Å²) in [6.07, 6.45) is 3.27. The van der Waals surface area contributed by atoms with E-state index in [0.29, 0.717) is 34.3 Å². The van der Waals surface area contributed by atoms with Crippen LogP contribution in [0.3, 0.4) is 0 Å². The summed E-state index contributed by atoms with van der Waals surface area (Å²) >= 11 is 6.37. The van der Waals surface area contributed by atoms with Crippen molar-refractivity contribution in [1.82, 2.24) is 14.9 Å². The van der Waals surface area contributed by atoms with Gasteiger partial charge in [0.05, 0.1) is 34.5 Å². The third kappa shape index (κ3) is 4.24. The van der Waals surface area contributed by atoms with Gasteiger partial charge in [0.2, 0.25) is 0 Å². The Bertz CT molecular complexity index is 987. The second-order valence-corrected chi connectivity index (χ2v) is 9.12. The summed E-state index contributed by atoms with van der Waals surface area (Å²) < 4.78 is 35.1. The molecule has 1 saturated heterocycles. The van der Waals surface area contributed by atoms with Crippen molar-refractivity contribution in [2.75, 3.05) is 11.5 Å². The van der Waals surface area contributed by atoms with Gasteiger partial charge in [-0.3, -0.25) is 0 Å². The molecule has 3 rings (SSSR count).